The molecule has 0 unspecified atom stereocenters. The lowest BCUT2D eigenvalue weighted by atomic mass is 10.2. The Hall–Kier alpha value is -2.73. The van der Waals surface area contributed by atoms with E-state index >= 15 is 0 Å². The van der Waals surface area contributed by atoms with Crippen molar-refractivity contribution in [2.75, 3.05) is 12.5 Å². The predicted octanol–water partition coefficient (Wildman–Crippen LogP) is 3.20. The smallest absolute Gasteiger partial charge is 0.335 e. The summed E-state index contributed by atoms with van der Waals surface area (Å²) in [6.07, 6.45) is 1.50. The molecule has 0 aliphatic carbocycles. The van der Waals surface area contributed by atoms with Crippen molar-refractivity contribution in [1.82, 2.24) is 0 Å². The normalized spacial score (nSPS) is 10.6. The van der Waals surface area contributed by atoms with Gasteiger partial charge < -0.3 is 14.9 Å². The van der Waals surface area contributed by atoms with Gasteiger partial charge in [-0.25, -0.2) is 4.79 Å². The molecule has 0 saturated carbocycles. The highest BCUT2D eigenvalue weighted by Crippen LogP contribution is 2.34. The fourth-order valence-corrected chi connectivity index (χ4v) is 1.91. The van der Waals surface area contributed by atoms with Crippen LogP contribution in [0, 0.1) is 0 Å². The maximum atomic E-state index is 10.7. The van der Waals surface area contributed by atoms with Crippen molar-refractivity contribution in [3.05, 3.63) is 52.5 Å². The topological polar surface area (TPSA) is 91.2 Å². The minimum atomic E-state index is -0.985. The molecule has 2 aromatic rings. The lowest BCUT2D eigenvalue weighted by molar-refractivity contribution is 0.0697. The third kappa shape index (κ3) is 3.67. The zero-order valence-corrected chi connectivity index (χ0v) is 12.3. The first-order valence-corrected chi connectivity index (χ1v) is 6.58. The summed E-state index contributed by atoms with van der Waals surface area (Å²) in [4.78, 5) is 10.7. The van der Waals surface area contributed by atoms with Crippen molar-refractivity contribution in [3.8, 4) is 11.5 Å². The minimum Gasteiger partial charge on any atom is -0.503 e. The number of ether oxygens (including phenoxy) is 1. The van der Waals surface area contributed by atoms with E-state index in [4.69, 9.17) is 21.4 Å². The first kappa shape index (κ1) is 15.7. The van der Waals surface area contributed by atoms with Gasteiger partial charge in [0.1, 0.15) is 0 Å². The number of phenolic OH excluding ortho intramolecular Hbond substituents is 1. The number of halogens is 1. The predicted molar refractivity (Wildman–Crippen MR) is 84.3 cm³/mol. The zero-order chi connectivity index (χ0) is 16.1. The van der Waals surface area contributed by atoms with Crippen molar-refractivity contribution in [2.45, 2.75) is 0 Å². The molecule has 0 saturated heterocycles. The Kier molecular flexibility index (Phi) is 4.85. The summed E-state index contributed by atoms with van der Waals surface area (Å²) in [6, 6.07) is 9.27. The van der Waals surface area contributed by atoms with Crippen LogP contribution in [0.15, 0.2) is 41.5 Å². The number of rotatable bonds is 5. The highest BCUT2D eigenvalue weighted by molar-refractivity contribution is 6.32. The third-order valence-corrected chi connectivity index (χ3v) is 3.10. The zero-order valence-electron chi connectivity index (χ0n) is 11.6. The van der Waals surface area contributed by atoms with E-state index in [1.807, 2.05) is 0 Å². The van der Waals surface area contributed by atoms with Crippen molar-refractivity contribution < 1.29 is 19.7 Å². The summed E-state index contributed by atoms with van der Waals surface area (Å²) in [6.45, 7) is 0. The van der Waals surface area contributed by atoms with E-state index in [1.54, 1.807) is 18.2 Å². The standard InChI is InChI=1S/C15H13ClN2O4/c1-22-13-7-9(6-12(16)14(13)19)8-17-18-11-4-2-10(3-5-11)15(20)21/h2-8,18-19H,1H3,(H,20,21)/b17-8+. The van der Waals surface area contributed by atoms with E-state index in [0.717, 1.165) is 0 Å². The van der Waals surface area contributed by atoms with Crippen LogP contribution in [0.25, 0.3) is 0 Å². The molecule has 6 nitrogen and oxygen atoms in total. The largest absolute Gasteiger partial charge is 0.503 e. The molecule has 2 aromatic carbocycles. The van der Waals surface area contributed by atoms with Gasteiger partial charge in [0.2, 0.25) is 0 Å². The summed E-state index contributed by atoms with van der Waals surface area (Å²) in [7, 11) is 1.43. The Morgan fingerprint density at radius 2 is 2.00 bits per heavy atom. The van der Waals surface area contributed by atoms with E-state index < -0.39 is 5.97 Å². The first-order chi connectivity index (χ1) is 10.5. The molecule has 0 aliphatic heterocycles. The molecular weight excluding hydrogens is 308 g/mol. The number of nitrogens with one attached hydrogen (secondary N) is 1. The molecule has 2 rings (SSSR count). The van der Waals surface area contributed by atoms with Crippen LogP contribution in [0.5, 0.6) is 11.5 Å². The van der Waals surface area contributed by atoms with Gasteiger partial charge in [-0.2, -0.15) is 5.10 Å². The summed E-state index contributed by atoms with van der Waals surface area (Å²) in [5, 5.41) is 22.6. The Bertz CT molecular complexity index is 714. The van der Waals surface area contributed by atoms with Crippen LogP contribution < -0.4 is 10.2 Å². The fourth-order valence-electron chi connectivity index (χ4n) is 1.69. The van der Waals surface area contributed by atoms with Gasteiger partial charge in [0, 0.05) is 0 Å². The number of aromatic carboxylic acids is 1. The maximum Gasteiger partial charge on any atom is 0.335 e. The monoisotopic (exact) mass is 320 g/mol. The minimum absolute atomic E-state index is 0.126. The van der Waals surface area contributed by atoms with Crippen molar-refractivity contribution in [3.63, 3.8) is 0 Å². The number of hydrazone groups is 1. The molecule has 0 bridgehead atoms. The second-order valence-electron chi connectivity index (χ2n) is 4.31. The van der Waals surface area contributed by atoms with Crippen LogP contribution in [0.2, 0.25) is 5.02 Å². The number of carboxylic acid groups (broad SMARTS) is 1. The van der Waals surface area contributed by atoms with Gasteiger partial charge in [-0.3, -0.25) is 5.43 Å². The molecular formula is C15H13ClN2O4. The van der Waals surface area contributed by atoms with Gasteiger partial charge in [-0.1, -0.05) is 11.6 Å². The quantitative estimate of drug-likeness (QED) is 0.581. The second-order valence-corrected chi connectivity index (χ2v) is 4.71. The lowest BCUT2D eigenvalue weighted by Gasteiger charge is -2.06. The SMILES string of the molecule is COc1cc(/C=N/Nc2ccc(C(=O)O)cc2)cc(Cl)c1O. The van der Waals surface area contributed by atoms with Crippen LogP contribution in [0.3, 0.4) is 0 Å². The molecule has 0 spiro atoms. The molecule has 0 amide bonds. The molecule has 22 heavy (non-hydrogen) atoms. The fraction of sp³-hybridized carbons (Fsp3) is 0.0667. The molecule has 3 N–H and O–H groups in total. The summed E-state index contributed by atoms with van der Waals surface area (Å²) in [5.74, 6) is -0.862. The van der Waals surface area contributed by atoms with E-state index in [2.05, 4.69) is 10.5 Å². The second kappa shape index (κ2) is 6.82. The number of phenols is 1. The van der Waals surface area contributed by atoms with Crippen LogP contribution in [0.4, 0.5) is 5.69 Å². The van der Waals surface area contributed by atoms with E-state index in [-0.39, 0.29) is 22.1 Å². The van der Waals surface area contributed by atoms with Crippen LogP contribution >= 0.6 is 11.6 Å². The molecule has 0 aromatic heterocycles. The van der Waals surface area contributed by atoms with Gasteiger partial charge in [-0.05, 0) is 42.0 Å². The Labute approximate surface area is 131 Å². The number of nitrogens with zero attached hydrogens (tertiary/aromatic N) is 1. The van der Waals surface area contributed by atoms with Gasteiger partial charge in [0.25, 0.3) is 0 Å². The molecule has 114 valence electrons. The van der Waals surface area contributed by atoms with Crippen molar-refractivity contribution >= 4 is 29.5 Å². The van der Waals surface area contributed by atoms with Gasteiger partial charge >= 0.3 is 5.97 Å². The van der Waals surface area contributed by atoms with Crippen LogP contribution in [-0.2, 0) is 0 Å². The number of carbonyl (C=O) groups is 1. The molecule has 7 heteroatoms. The summed E-state index contributed by atoms with van der Waals surface area (Å²) in [5.41, 5.74) is 4.23. The van der Waals surface area contributed by atoms with E-state index in [0.29, 0.717) is 11.3 Å². The van der Waals surface area contributed by atoms with E-state index in [9.17, 15) is 9.90 Å². The molecule has 0 fully saturated rings. The Morgan fingerprint density at radius 3 is 2.59 bits per heavy atom. The first-order valence-electron chi connectivity index (χ1n) is 6.20. The summed E-state index contributed by atoms with van der Waals surface area (Å²) >= 11 is 5.87. The number of anilines is 1. The van der Waals surface area contributed by atoms with Crippen LogP contribution in [-0.4, -0.2) is 29.5 Å². The molecule has 0 heterocycles. The average molecular weight is 321 g/mol. The number of benzene rings is 2. The number of hydrogen-bond donors (Lipinski definition) is 3. The highest BCUT2D eigenvalue weighted by atomic mass is 35.5. The Morgan fingerprint density at radius 1 is 1.32 bits per heavy atom. The molecule has 0 radical (unpaired) electrons. The third-order valence-electron chi connectivity index (χ3n) is 2.81. The van der Waals surface area contributed by atoms with Gasteiger partial charge in [0.05, 0.1) is 29.6 Å². The molecule has 0 aliphatic rings. The number of carboxylic acids is 1. The highest BCUT2D eigenvalue weighted by Gasteiger charge is 2.07. The number of aromatic hydroxyl groups is 1. The van der Waals surface area contributed by atoms with E-state index in [1.165, 1.54) is 31.5 Å². The van der Waals surface area contributed by atoms with Gasteiger partial charge in [0.15, 0.2) is 11.5 Å². The average Bonchev–Trinajstić information content (AvgIpc) is 2.51. The Balaban J connectivity index is 2.09. The maximum absolute atomic E-state index is 10.7. The van der Waals surface area contributed by atoms with Crippen molar-refractivity contribution in [2.24, 2.45) is 5.10 Å². The summed E-state index contributed by atoms with van der Waals surface area (Å²) < 4.78 is 4.99. The number of hydrogen-bond acceptors (Lipinski definition) is 5. The van der Waals surface area contributed by atoms with Gasteiger partial charge in [-0.15, -0.1) is 0 Å². The lowest BCUT2D eigenvalue weighted by Crippen LogP contribution is -1.96. The van der Waals surface area contributed by atoms with Crippen molar-refractivity contribution in [1.29, 1.82) is 0 Å². The molecule has 0 atom stereocenters. The number of methoxy groups -OCH3 is 1. The van der Waals surface area contributed by atoms with Crippen LogP contribution in [0.1, 0.15) is 15.9 Å².